The third-order valence-electron chi connectivity index (χ3n) is 5.76. The van der Waals surface area contributed by atoms with Gasteiger partial charge in [-0.1, -0.05) is 49.7 Å². The van der Waals surface area contributed by atoms with E-state index >= 15 is 0 Å². The second-order valence-corrected chi connectivity index (χ2v) is 9.31. The Bertz CT molecular complexity index is 1180. The van der Waals surface area contributed by atoms with Gasteiger partial charge >= 0.3 is 0 Å². The molecule has 1 aliphatic heterocycles. The molecule has 5 rings (SSSR count). The minimum absolute atomic E-state index is 0.0757. The average molecular weight is 435 g/mol. The van der Waals surface area contributed by atoms with Crippen molar-refractivity contribution in [1.82, 2.24) is 14.8 Å². The minimum Gasteiger partial charge on any atom is -0.489 e. The van der Waals surface area contributed by atoms with Crippen LogP contribution in [0.3, 0.4) is 0 Å². The van der Waals surface area contributed by atoms with Crippen LogP contribution in [0.15, 0.2) is 66.1 Å². The maximum Gasteiger partial charge on any atom is 0.226 e. The van der Waals surface area contributed by atoms with E-state index in [-0.39, 0.29) is 17.2 Å². The fourth-order valence-corrected chi connectivity index (χ4v) is 4.61. The number of carbonyl (C=O) groups excluding carboxylic acids is 1. The van der Waals surface area contributed by atoms with E-state index in [1.54, 1.807) is 4.68 Å². The molecule has 158 valence electrons. The number of hydrogen-bond donors (Lipinski definition) is 1. The number of nitrogens with one attached hydrogen (secondary N) is 1. The number of fused-ring (bicyclic) bond motifs is 1. The highest BCUT2D eigenvalue weighted by atomic mass is 35.5. The summed E-state index contributed by atoms with van der Waals surface area (Å²) in [4.78, 5) is 17.5. The van der Waals surface area contributed by atoms with Gasteiger partial charge in [-0.3, -0.25) is 4.79 Å². The number of ketones is 1. The van der Waals surface area contributed by atoms with E-state index in [1.807, 2.05) is 48.5 Å². The molecule has 0 saturated carbocycles. The first-order valence-corrected chi connectivity index (χ1v) is 10.7. The number of benzene rings is 2. The molecule has 0 amide bonds. The predicted molar refractivity (Wildman–Crippen MR) is 119 cm³/mol. The Morgan fingerprint density at radius 1 is 1.19 bits per heavy atom. The normalized spacial score (nSPS) is 19.5. The summed E-state index contributed by atoms with van der Waals surface area (Å²) >= 11 is 6.04. The first kappa shape index (κ1) is 19.8. The fraction of sp³-hybridized carbons (Fsp3) is 0.292. The minimum atomic E-state index is -0.292. The van der Waals surface area contributed by atoms with Gasteiger partial charge in [0.15, 0.2) is 5.78 Å². The topological polar surface area (TPSA) is 69.0 Å². The summed E-state index contributed by atoms with van der Waals surface area (Å²) in [5.74, 6) is 1.57. The lowest BCUT2D eigenvalue weighted by molar-refractivity contribution is -0.118. The van der Waals surface area contributed by atoms with E-state index in [1.165, 1.54) is 6.33 Å². The molecular formula is C24H23ClN4O2. The van der Waals surface area contributed by atoms with Gasteiger partial charge in [-0.15, -0.1) is 0 Å². The van der Waals surface area contributed by atoms with Crippen molar-refractivity contribution in [2.24, 2.45) is 5.41 Å². The van der Waals surface area contributed by atoms with E-state index < -0.39 is 0 Å². The molecule has 7 heteroatoms. The highest BCUT2D eigenvalue weighted by Crippen LogP contribution is 2.45. The van der Waals surface area contributed by atoms with Crippen molar-refractivity contribution in [3.63, 3.8) is 0 Å². The van der Waals surface area contributed by atoms with E-state index in [4.69, 9.17) is 16.3 Å². The molecular weight excluding hydrogens is 412 g/mol. The summed E-state index contributed by atoms with van der Waals surface area (Å²) < 4.78 is 7.70. The van der Waals surface area contributed by atoms with Crippen molar-refractivity contribution in [3.8, 4) is 5.75 Å². The standard InChI is InChI=1S/C24H23ClN4O2/c1-24(2)11-19-21(20(30)12-24)22(29-23(28-19)26-14-27-29)16-6-8-18(9-7-16)31-13-15-4-3-5-17(25)10-15/h3-10,14,22H,11-13H2,1-2H3,(H,26,27,28). The number of ether oxygens (including phenoxy) is 1. The van der Waals surface area contributed by atoms with Crippen molar-refractivity contribution in [2.45, 2.75) is 39.3 Å². The van der Waals surface area contributed by atoms with E-state index in [0.717, 1.165) is 34.6 Å². The Morgan fingerprint density at radius 3 is 2.77 bits per heavy atom. The average Bonchev–Trinajstić information content (AvgIpc) is 3.18. The third kappa shape index (κ3) is 3.83. The second-order valence-electron chi connectivity index (χ2n) is 8.88. The first-order valence-electron chi connectivity index (χ1n) is 10.3. The summed E-state index contributed by atoms with van der Waals surface area (Å²) in [5.41, 5.74) is 3.64. The molecule has 0 bridgehead atoms. The number of Topliss-reactive ketones (excluding diaryl/α,β-unsaturated/α-hetero) is 1. The highest BCUT2D eigenvalue weighted by Gasteiger charge is 2.41. The summed E-state index contributed by atoms with van der Waals surface area (Å²) in [6, 6.07) is 15.2. The predicted octanol–water partition coefficient (Wildman–Crippen LogP) is 5.17. The van der Waals surface area contributed by atoms with Crippen molar-refractivity contribution in [3.05, 3.63) is 82.3 Å². The zero-order valence-electron chi connectivity index (χ0n) is 17.4. The lowest BCUT2D eigenvalue weighted by atomic mass is 9.73. The van der Waals surface area contributed by atoms with Gasteiger partial charge in [-0.2, -0.15) is 10.1 Å². The van der Waals surface area contributed by atoms with Crippen LogP contribution in [0.25, 0.3) is 0 Å². The molecule has 0 spiro atoms. The Morgan fingerprint density at radius 2 is 2.00 bits per heavy atom. The summed E-state index contributed by atoms with van der Waals surface area (Å²) in [7, 11) is 0. The van der Waals surface area contributed by atoms with Gasteiger partial charge in [-0.25, -0.2) is 4.68 Å². The van der Waals surface area contributed by atoms with Crippen LogP contribution < -0.4 is 10.1 Å². The van der Waals surface area contributed by atoms with Crippen molar-refractivity contribution >= 4 is 23.3 Å². The highest BCUT2D eigenvalue weighted by molar-refractivity contribution is 6.30. The molecule has 2 aliphatic rings. The summed E-state index contributed by atoms with van der Waals surface area (Å²) in [6.07, 6.45) is 2.85. The molecule has 2 heterocycles. The van der Waals surface area contributed by atoms with Gasteiger partial charge in [0.1, 0.15) is 24.7 Å². The molecule has 0 radical (unpaired) electrons. The molecule has 0 fully saturated rings. The second kappa shape index (κ2) is 7.54. The first-order chi connectivity index (χ1) is 14.9. The van der Waals surface area contributed by atoms with Crippen molar-refractivity contribution < 1.29 is 9.53 Å². The largest absolute Gasteiger partial charge is 0.489 e. The van der Waals surface area contributed by atoms with E-state index in [9.17, 15) is 4.79 Å². The number of anilines is 1. The maximum atomic E-state index is 13.1. The van der Waals surface area contributed by atoms with Gasteiger partial charge in [0.25, 0.3) is 0 Å². The van der Waals surface area contributed by atoms with E-state index in [0.29, 0.717) is 24.0 Å². The van der Waals surface area contributed by atoms with Gasteiger partial charge in [0.05, 0.1) is 0 Å². The van der Waals surface area contributed by atoms with Crippen LogP contribution in [0.4, 0.5) is 5.95 Å². The smallest absolute Gasteiger partial charge is 0.226 e. The van der Waals surface area contributed by atoms with Crippen LogP contribution in [0, 0.1) is 5.41 Å². The van der Waals surface area contributed by atoms with Crippen LogP contribution >= 0.6 is 11.6 Å². The van der Waals surface area contributed by atoms with Crippen LogP contribution in [0.1, 0.15) is 43.9 Å². The van der Waals surface area contributed by atoms with Gasteiger partial charge in [0.2, 0.25) is 5.95 Å². The Labute approximate surface area is 185 Å². The molecule has 2 aromatic carbocycles. The Kier molecular flexibility index (Phi) is 4.82. The van der Waals surface area contributed by atoms with Gasteiger partial charge in [0, 0.05) is 22.7 Å². The van der Waals surface area contributed by atoms with Crippen LogP contribution in [-0.2, 0) is 11.4 Å². The lowest BCUT2D eigenvalue weighted by Gasteiger charge is -2.38. The Hall–Kier alpha value is -3.12. The molecule has 3 aromatic rings. The molecule has 1 atom stereocenters. The molecule has 1 aromatic heterocycles. The fourth-order valence-electron chi connectivity index (χ4n) is 4.40. The SMILES string of the molecule is CC1(C)CC(=O)C2=C(C1)Nc1ncnn1C2c1ccc(OCc2cccc(Cl)c2)cc1. The van der Waals surface area contributed by atoms with Crippen LogP contribution in [0.5, 0.6) is 5.75 Å². The van der Waals surface area contributed by atoms with Crippen LogP contribution in [-0.4, -0.2) is 20.5 Å². The number of carbonyl (C=O) groups is 1. The monoisotopic (exact) mass is 434 g/mol. The van der Waals surface area contributed by atoms with Crippen molar-refractivity contribution in [1.29, 1.82) is 0 Å². The lowest BCUT2D eigenvalue weighted by Crippen LogP contribution is -2.36. The molecule has 1 aliphatic carbocycles. The molecule has 1 N–H and O–H groups in total. The zero-order chi connectivity index (χ0) is 21.6. The number of allylic oxidation sites excluding steroid dienone is 2. The molecule has 1 unspecified atom stereocenters. The summed E-state index contributed by atoms with van der Waals surface area (Å²) in [5, 5.41) is 8.42. The van der Waals surface area contributed by atoms with Crippen molar-refractivity contribution in [2.75, 3.05) is 5.32 Å². The number of aromatic nitrogens is 3. The number of rotatable bonds is 4. The van der Waals surface area contributed by atoms with Gasteiger partial charge < -0.3 is 10.1 Å². The van der Waals surface area contributed by atoms with Crippen LogP contribution in [0.2, 0.25) is 5.02 Å². The Balaban J connectivity index is 1.43. The maximum absolute atomic E-state index is 13.1. The van der Waals surface area contributed by atoms with E-state index in [2.05, 4.69) is 29.2 Å². The van der Waals surface area contributed by atoms with Gasteiger partial charge in [-0.05, 0) is 47.2 Å². The zero-order valence-corrected chi connectivity index (χ0v) is 18.2. The number of halogens is 1. The third-order valence-corrected chi connectivity index (χ3v) is 6.00. The number of hydrogen-bond acceptors (Lipinski definition) is 5. The number of nitrogens with zero attached hydrogens (tertiary/aromatic N) is 3. The summed E-state index contributed by atoms with van der Waals surface area (Å²) in [6.45, 7) is 4.68. The molecule has 0 saturated heterocycles. The molecule has 6 nitrogen and oxygen atoms in total. The molecule has 31 heavy (non-hydrogen) atoms. The quantitative estimate of drug-likeness (QED) is 0.613.